The van der Waals surface area contributed by atoms with E-state index in [9.17, 15) is 23.1 Å². The second-order valence-electron chi connectivity index (χ2n) is 16.5. The zero-order chi connectivity index (χ0) is 33.5. The van der Waals surface area contributed by atoms with E-state index in [0.29, 0.717) is 5.92 Å². The lowest BCUT2D eigenvalue weighted by molar-refractivity contribution is -0.243. The van der Waals surface area contributed by atoms with Gasteiger partial charge >= 0.3 is 12.3 Å². The zero-order valence-electron chi connectivity index (χ0n) is 28.0. The van der Waals surface area contributed by atoms with Crippen LogP contribution in [0.15, 0.2) is 16.8 Å². The van der Waals surface area contributed by atoms with Crippen LogP contribution in [0.25, 0.3) is 0 Å². The minimum atomic E-state index is -4.75. The summed E-state index contributed by atoms with van der Waals surface area (Å²) < 4.78 is 52.7. The molecule has 0 spiro atoms. The van der Waals surface area contributed by atoms with Gasteiger partial charge in [-0.25, -0.2) is 19.7 Å². The van der Waals surface area contributed by atoms with Gasteiger partial charge < -0.3 is 14.4 Å². The summed E-state index contributed by atoms with van der Waals surface area (Å²) in [6, 6.07) is 1.88. The first-order valence-electron chi connectivity index (χ1n) is 17.5. The van der Waals surface area contributed by atoms with E-state index in [-0.39, 0.29) is 40.6 Å². The van der Waals surface area contributed by atoms with Gasteiger partial charge in [-0.15, -0.1) is 0 Å². The minimum absolute atomic E-state index is 0.0259. The molecule has 12 heteroatoms. The van der Waals surface area contributed by atoms with Crippen LogP contribution in [-0.4, -0.2) is 55.2 Å². The standard InChI is InChI=1S/C35H48F3N5O4/c1-30(2,45)34-16-13-32(14-17-34,15-18-34)25-10-19-39-28(40-25)43(29(44)46-31(3,4)35(36,37)38)21-24-9-12-33(11-5-6-23(24)20-33)27-41-26(42-47-27)22-7-8-22/h10,19,22-24,45H,5-9,11-18,20-21H2,1-4H3. The Labute approximate surface area is 274 Å². The topological polar surface area (TPSA) is 114 Å². The molecule has 6 aliphatic carbocycles. The Bertz CT molecular complexity index is 1470. The number of alkyl halides is 3. The maximum Gasteiger partial charge on any atom is 0.427 e. The summed E-state index contributed by atoms with van der Waals surface area (Å²) in [4.78, 5) is 29.2. The van der Waals surface area contributed by atoms with E-state index >= 15 is 0 Å². The van der Waals surface area contributed by atoms with Crippen LogP contribution >= 0.6 is 0 Å². The van der Waals surface area contributed by atoms with Crippen molar-refractivity contribution in [2.45, 2.75) is 152 Å². The highest BCUT2D eigenvalue weighted by molar-refractivity contribution is 5.85. The highest BCUT2D eigenvalue weighted by Crippen LogP contribution is 2.61. The zero-order valence-corrected chi connectivity index (χ0v) is 28.0. The van der Waals surface area contributed by atoms with Gasteiger partial charge in [-0.1, -0.05) is 18.0 Å². The van der Waals surface area contributed by atoms with Crippen LogP contribution in [0.2, 0.25) is 0 Å². The number of carbonyl (C=O) groups is 1. The second-order valence-corrected chi connectivity index (χ2v) is 16.5. The maximum atomic E-state index is 13.9. The van der Waals surface area contributed by atoms with Crippen molar-refractivity contribution in [3.8, 4) is 0 Å². The van der Waals surface area contributed by atoms with Crippen molar-refractivity contribution < 1.29 is 32.3 Å². The van der Waals surface area contributed by atoms with Gasteiger partial charge in [0.1, 0.15) is 0 Å². The molecule has 2 aromatic heterocycles. The molecule has 2 aromatic rings. The lowest BCUT2D eigenvalue weighted by atomic mass is 9.49. The average Bonchev–Trinajstić information content (AvgIpc) is 3.76. The Kier molecular flexibility index (Phi) is 7.76. The largest absolute Gasteiger partial charge is 0.433 e. The Hall–Kier alpha value is -2.76. The van der Waals surface area contributed by atoms with Gasteiger partial charge in [0.05, 0.1) is 11.3 Å². The highest BCUT2D eigenvalue weighted by atomic mass is 19.4. The van der Waals surface area contributed by atoms with E-state index < -0.39 is 23.5 Å². The number of fused-ring (bicyclic) bond motifs is 5. The van der Waals surface area contributed by atoms with Crippen LogP contribution in [0.1, 0.15) is 141 Å². The third-order valence-electron chi connectivity index (χ3n) is 13.0. The average molecular weight is 660 g/mol. The molecule has 258 valence electrons. The molecule has 1 amide bonds. The molecular weight excluding hydrogens is 611 g/mol. The molecule has 0 aliphatic heterocycles. The number of anilines is 1. The van der Waals surface area contributed by atoms with Crippen molar-refractivity contribution in [3.05, 3.63) is 29.7 Å². The Morgan fingerprint density at radius 1 is 0.979 bits per heavy atom. The van der Waals surface area contributed by atoms with E-state index in [1.807, 2.05) is 19.9 Å². The van der Waals surface area contributed by atoms with Crippen molar-refractivity contribution in [2.75, 3.05) is 11.4 Å². The summed E-state index contributed by atoms with van der Waals surface area (Å²) in [7, 11) is 0. The quantitative estimate of drug-likeness (QED) is 0.304. The highest BCUT2D eigenvalue weighted by Gasteiger charge is 2.56. The molecule has 0 saturated heterocycles. The number of rotatable bonds is 8. The first-order valence-corrected chi connectivity index (χ1v) is 17.5. The van der Waals surface area contributed by atoms with Gasteiger partial charge in [0.25, 0.3) is 0 Å². The summed E-state index contributed by atoms with van der Waals surface area (Å²) >= 11 is 0. The van der Waals surface area contributed by atoms with Gasteiger partial charge in [-0.05, 0) is 128 Å². The Morgan fingerprint density at radius 3 is 2.32 bits per heavy atom. The van der Waals surface area contributed by atoms with E-state index in [4.69, 9.17) is 19.2 Å². The lowest BCUT2D eigenvalue weighted by Gasteiger charge is -2.57. The number of aromatic nitrogens is 4. The van der Waals surface area contributed by atoms with Crippen LogP contribution in [0.4, 0.5) is 23.9 Å². The first-order chi connectivity index (χ1) is 22.1. The molecule has 4 bridgehead atoms. The summed E-state index contributed by atoms with van der Waals surface area (Å²) in [6.07, 6.45) is 8.46. The third-order valence-corrected chi connectivity index (χ3v) is 13.0. The summed E-state index contributed by atoms with van der Waals surface area (Å²) in [5.41, 5.74) is -3.19. The Morgan fingerprint density at radius 2 is 1.68 bits per heavy atom. The second kappa shape index (κ2) is 11.1. The minimum Gasteiger partial charge on any atom is -0.433 e. The number of aliphatic hydroxyl groups is 1. The number of carbonyl (C=O) groups excluding carboxylic acids is 1. The molecule has 2 heterocycles. The van der Waals surface area contributed by atoms with Crippen LogP contribution < -0.4 is 4.90 Å². The fourth-order valence-corrected chi connectivity index (χ4v) is 9.30. The Balaban J connectivity index is 1.15. The van der Waals surface area contributed by atoms with Crippen molar-refractivity contribution >= 4 is 12.0 Å². The summed E-state index contributed by atoms with van der Waals surface area (Å²) in [5.74, 6) is 2.27. The van der Waals surface area contributed by atoms with Gasteiger partial charge in [-0.2, -0.15) is 18.2 Å². The maximum absolute atomic E-state index is 13.9. The first kappa shape index (κ1) is 32.8. The predicted octanol–water partition coefficient (Wildman–Crippen LogP) is 7.92. The van der Waals surface area contributed by atoms with Crippen molar-refractivity contribution in [3.63, 3.8) is 0 Å². The molecular formula is C35H48F3N5O4. The molecule has 47 heavy (non-hydrogen) atoms. The fraction of sp³-hybridized carbons (Fsp3) is 0.800. The molecule has 1 N–H and O–H groups in total. The third kappa shape index (κ3) is 5.73. The number of hydrogen-bond donors (Lipinski definition) is 1. The van der Waals surface area contributed by atoms with E-state index in [1.54, 1.807) is 6.20 Å². The molecule has 3 atom stereocenters. The van der Waals surface area contributed by atoms with Crippen molar-refractivity contribution in [1.82, 2.24) is 20.1 Å². The SMILES string of the molecule is CC(C)(O)C12CCC(c3ccnc(N(CC4CCC5(c6nc(C7CC7)no6)CCCC4C5)C(=O)OC(C)(C)C(F)(F)F)n3)(CC1)CC2. The van der Waals surface area contributed by atoms with Gasteiger partial charge in [-0.3, -0.25) is 0 Å². The molecule has 6 fully saturated rings. The molecule has 8 rings (SSSR count). The van der Waals surface area contributed by atoms with Crippen molar-refractivity contribution in [1.29, 1.82) is 0 Å². The molecule has 9 nitrogen and oxygen atoms in total. The van der Waals surface area contributed by atoms with Crippen LogP contribution in [-0.2, 0) is 15.6 Å². The number of nitrogens with zero attached hydrogens (tertiary/aromatic N) is 5. The molecule has 6 saturated carbocycles. The van der Waals surface area contributed by atoms with E-state index in [2.05, 4.69) is 10.1 Å². The van der Waals surface area contributed by atoms with Crippen molar-refractivity contribution in [2.24, 2.45) is 17.3 Å². The van der Waals surface area contributed by atoms with Crippen LogP contribution in [0.5, 0.6) is 0 Å². The normalized spacial score (nSPS) is 32.7. The number of ether oxygens (including phenoxy) is 1. The van der Waals surface area contributed by atoms with Crippen LogP contribution in [0, 0.1) is 17.3 Å². The van der Waals surface area contributed by atoms with Gasteiger partial charge in [0.15, 0.2) is 5.82 Å². The van der Waals surface area contributed by atoms with Gasteiger partial charge in [0, 0.05) is 29.5 Å². The molecule has 6 aliphatic rings. The monoisotopic (exact) mass is 659 g/mol. The summed E-state index contributed by atoms with van der Waals surface area (Å²) in [6.45, 7) is 5.70. The fourth-order valence-electron chi connectivity index (χ4n) is 9.30. The van der Waals surface area contributed by atoms with E-state index in [1.165, 1.54) is 4.90 Å². The number of halogens is 3. The number of hydrogen-bond acceptors (Lipinski definition) is 8. The van der Waals surface area contributed by atoms with Gasteiger partial charge in [0.2, 0.25) is 17.4 Å². The van der Waals surface area contributed by atoms with E-state index in [0.717, 1.165) is 121 Å². The molecule has 3 unspecified atom stereocenters. The molecule has 0 aromatic carbocycles. The predicted molar refractivity (Wildman–Crippen MR) is 167 cm³/mol. The number of amides is 1. The smallest absolute Gasteiger partial charge is 0.427 e. The summed E-state index contributed by atoms with van der Waals surface area (Å²) in [5, 5.41) is 15.2. The lowest BCUT2D eigenvalue weighted by Crippen LogP contribution is -2.54. The van der Waals surface area contributed by atoms with Crippen LogP contribution in [0.3, 0.4) is 0 Å². The molecule has 0 radical (unpaired) electrons.